The molecule has 2 heterocycles. The summed E-state index contributed by atoms with van der Waals surface area (Å²) in [5.74, 6) is -1.08. The van der Waals surface area contributed by atoms with E-state index in [4.69, 9.17) is 9.47 Å². The van der Waals surface area contributed by atoms with Crippen molar-refractivity contribution in [3.8, 4) is 0 Å². The molecule has 1 N–H and O–H groups in total. The summed E-state index contributed by atoms with van der Waals surface area (Å²) in [4.78, 5) is 38.3. The third kappa shape index (κ3) is 2.96. The van der Waals surface area contributed by atoms with E-state index in [0.29, 0.717) is 9.90 Å². The predicted molar refractivity (Wildman–Crippen MR) is 75.8 cm³/mol. The Hall–Kier alpha value is -1.54. The summed E-state index contributed by atoms with van der Waals surface area (Å²) in [6.45, 7) is 3.82. The van der Waals surface area contributed by atoms with Gasteiger partial charge in [-0.1, -0.05) is 23.1 Å². The number of rotatable bonds is 4. The zero-order valence-electron chi connectivity index (χ0n) is 10.9. The van der Waals surface area contributed by atoms with Crippen molar-refractivity contribution in [2.75, 3.05) is 13.2 Å². The molecule has 108 valence electrons. The molecule has 20 heavy (non-hydrogen) atoms. The van der Waals surface area contributed by atoms with Gasteiger partial charge >= 0.3 is 16.8 Å². The van der Waals surface area contributed by atoms with Crippen molar-refractivity contribution in [2.45, 2.75) is 24.1 Å². The molecule has 1 aliphatic heterocycles. The molecule has 8 heteroatoms. The highest BCUT2D eigenvalue weighted by Crippen LogP contribution is 2.38. The SMILES string of the molecule is CCOC(=O)C1=Cc2sc(=O)[nH]c2SC1C(=O)OCC. The molecule has 1 atom stereocenters. The summed E-state index contributed by atoms with van der Waals surface area (Å²) >= 11 is 2.09. The van der Waals surface area contributed by atoms with Crippen LogP contribution in [-0.2, 0) is 19.1 Å². The van der Waals surface area contributed by atoms with Crippen LogP contribution >= 0.6 is 23.1 Å². The number of esters is 2. The third-order valence-electron chi connectivity index (χ3n) is 2.46. The Bertz CT molecular complexity index is 616. The summed E-state index contributed by atoms with van der Waals surface area (Å²) in [7, 11) is 0. The zero-order valence-corrected chi connectivity index (χ0v) is 12.6. The van der Waals surface area contributed by atoms with Gasteiger partial charge in [0.15, 0.2) is 0 Å². The number of nitrogens with one attached hydrogen (secondary N) is 1. The van der Waals surface area contributed by atoms with Gasteiger partial charge < -0.3 is 14.5 Å². The highest BCUT2D eigenvalue weighted by atomic mass is 32.2. The largest absolute Gasteiger partial charge is 0.465 e. The van der Waals surface area contributed by atoms with Gasteiger partial charge in [-0.3, -0.25) is 9.59 Å². The molecule has 0 saturated heterocycles. The summed E-state index contributed by atoms with van der Waals surface area (Å²) in [5, 5.41) is -0.238. The molecule has 0 fully saturated rings. The maximum atomic E-state index is 12.0. The maximum Gasteiger partial charge on any atom is 0.335 e. The van der Waals surface area contributed by atoms with E-state index in [-0.39, 0.29) is 23.7 Å². The molecule has 0 aromatic carbocycles. The standard InChI is InChI=1S/C12H13NO5S2/c1-3-17-10(14)6-5-7-9(13-12(16)19-7)20-8(6)11(15)18-4-2/h5,8H,3-4H2,1-2H3,(H,13,16). The Morgan fingerprint density at radius 3 is 2.65 bits per heavy atom. The number of ether oxygens (including phenoxy) is 2. The highest BCUT2D eigenvalue weighted by Gasteiger charge is 2.35. The van der Waals surface area contributed by atoms with Crippen LogP contribution in [0.1, 0.15) is 18.7 Å². The molecule has 2 rings (SSSR count). The first kappa shape index (κ1) is 14.9. The molecule has 0 bridgehead atoms. The Morgan fingerprint density at radius 2 is 2.00 bits per heavy atom. The quantitative estimate of drug-likeness (QED) is 0.846. The van der Waals surface area contributed by atoms with Gasteiger partial charge in [-0.05, 0) is 19.9 Å². The fourth-order valence-corrected chi connectivity index (χ4v) is 3.71. The normalized spacial score (nSPS) is 17.1. The fraction of sp³-hybridized carbons (Fsp3) is 0.417. The van der Waals surface area contributed by atoms with Crippen LogP contribution in [0.4, 0.5) is 0 Å². The first-order valence-electron chi connectivity index (χ1n) is 6.01. The Kier molecular flexibility index (Phi) is 4.66. The number of fused-ring (bicyclic) bond motifs is 1. The fourth-order valence-electron chi connectivity index (χ4n) is 1.68. The van der Waals surface area contributed by atoms with Crippen LogP contribution in [0.3, 0.4) is 0 Å². The molecule has 1 unspecified atom stereocenters. The molecule has 0 spiro atoms. The summed E-state index contributed by atoms with van der Waals surface area (Å²) in [6, 6.07) is 0. The summed E-state index contributed by atoms with van der Waals surface area (Å²) in [5.41, 5.74) is 0.207. The molecule has 0 amide bonds. The second kappa shape index (κ2) is 6.27. The van der Waals surface area contributed by atoms with Crippen LogP contribution < -0.4 is 4.87 Å². The minimum Gasteiger partial charge on any atom is -0.465 e. The lowest BCUT2D eigenvalue weighted by atomic mass is 10.1. The predicted octanol–water partition coefficient (Wildman–Crippen LogP) is 1.42. The zero-order chi connectivity index (χ0) is 14.7. The number of hydrogen-bond acceptors (Lipinski definition) is 7. The van der Waals surface area contributed by atoms with E-state index in [1.54, 1.807) is 13.8 Å². The average molecular weight is 315 g/mol. The van der Waals surface area contributed by atoms with Gasteiger partial charge in [-0.2, -0.15) is 0 Å². The topological polar surface area (TPSA) is 85.5 Å². The minimum absolute atomic E-state index is 0.207. The van der Waals surface area contributed by atoms with Gasteiger partial charge in [0.05, 0.1) is 28.7 Å². The molecule has 0 aliphatic carbocycles. The van der Waals surface area contributed by atoms with Crippen molar-refractivity contribution in [1.29, 1.82) is 0 Å². The van der Waals surface area contributed by atoms with Crippen LogP contribution in [0.2, 0.25) is 0 Å². The first-order valence-corrected chi connectivity index (χ1v) is 7.71. The smallest absolute Gasteiger partial charge is 0.335 e. The van der Waals surface area contributed by atoms with Gasteiger partial charge in [-0.25, -0.2) is 4.79 Å². The second-order valence-electron chi connectivity index (χ2n) is 3.78. The van der Waals surface area contributed by atoms with Gasteiger partial charge in [0.25, 0.3) is 0 Å². The number of thioether (sulfide) groups is 1. The van der Waals surface area contributed by atoms with Gasteiger partial charge in [0.1, 0.15) is 5.25 Å². The van der Waals surface area contributed by atoms with Crippen LogP contribution in [0.5, 0.6) is 0 Å². The molecular weight excluding hydrogens is 302 g/mol. The summed E-state index contributed by atoms with van der Waals surface area (Å²) in [6.07, 6.45) is 1.52. The first-order chi connectivity index (χ1) is 9.56. The Balaban J connectivity index is 2.38. The Labute approximate surface area is 123 Å². The van der Waals surface area contributed by atoms with Crippen molar-refractivity contribution < 1.29 is 19.1 Å². The van der Waals surface area contributed by atoms with E-state index < -0.39 is 17.2 Å². The van der Waals surface area contributed by atoms with Gasteiger partial charge in [0.2, 0.25) is 0 Å². The van der Waals surface area contributed by atoms with Crippen LogP contribution in [-0.4, -0.2) is 35.4 Å². The van der Waals surface area contributed by atoms with Crippen molar-refractivity contribution in [2.24, 2.45) is 0 Å². The number of H-pyrrole nitrogens is 1. The van der Waals surface area contributed by atoms with Gasteiger partial charge in [0, 0.05) is 0 Å². The third-order valence-corrected chi connectivity index (χ3v) is 4.66. The van der Waals surface area contributed by atoms with E-state index in [9.17, 15) is 14.4 Å². The molecule has 0 radical (unpaired) electrons. The van der Waals surface area contributed by atoms with E-state index in [1.165, 1.54) is 6.08 Å². The van der Waals surface area contributed by atoms with Crippen LogP contribution in [0.25, 0.3) is 6.08 Å². The van der Waals surface area contributed by atoms with Gasteiger partial charge in [-0.15, -0.1) is 0 Å². The lowest BCUT2D eigenvalue weighted by molar-refractivity contribution is -0.145. The average Bonchev–Trinajstić information content (AvgIpc) is 2.76. The number of aromatic nitrogens is 1. The van der Waals surface area contributed by atoms with E-state index >= 15 is 0 Å². The van der Waals surface area contributed by atoms with Crippen molar-refractivity contribution >= 4 is 41.1 Å². The van der Waals surface area contributed by atoms with Crippen molar-refractivity contribution in [3.05, 3.63) is 20.1 Å². The lowest BCUT2D eigenvalue weighted by Crippen LogP contribution is -2.29. The van der Waals surface area contributed by atoms with Crippen LogP contribution in [0, 0.1) is 0 Å². The highest BCUT2D eigenvalue weighted by molar-refractivity contribution is 8.01. The number of thiazole rings is 1. The summed E-state index contributed by atoms with van der Waals surface area (Å²) < 4.78 is 9.91. The molecular formula is C12H13NO5S2. The second-order valence-corrected chi connectivity index (χ2v) is 5.91. The number of carbonyl (C=O) groups excluding carboxylic acids is 2. The molecule has 6 nitrogen and oxygen atoms in total. The van der Waals surface area contributed by atoms with E-state index in [1.807, 2.05) is 0 Å². The molecule has 1 aromatic rings. The number of aromatic amines is 1. The van der Waals surface area contributed by atoms with Crippen molar-refractivity contribution in [1.82, 2.24) is 4.98 Å². The molecule has 1 aliphatic rings. The Morgan fingerprint density at radius 1 is 1.30 bits per heavy atom. The van der Waals surface area contributed by atoms with Crippen LogP contribution in [0.15, 0.2) is 15.4 Å². The molecule has 1 aromatic heterocycles. The van der Waals surface area contributed by atoms with Crippen molar-refractivity contribution in [3.63, 3.8) is 0 Å². The maximum absolute atomic E-state index is 12.0. The molecule has 0 saturated carbocycles. The lowest BCUT2D eigenvalue weighted by Gasteiger charge is -2.20. The minimum atomic E-state index is -0.813. The van der Waals surface area contributed by atoms with E-state index in [0.717, 1.165) is 23.1 Å². The number of carbonyl (C=O) groups is 2. The number of hydrogen-bond donors (Lipinski definition) is 1. The monoisotopic (exact) mass is 315 g/mol. The van der Waals surface area contributed by atoms with E-state index in [2.05, 4.69) is 4.98 Å².